The van der Waals surface area contributed by atoms with Gasteiger partial charge in [-0.25, -0.2) is 0 Å². The summed E-state index contributed by atoms with van der Waals surface area (Å²) in [6.45, 7) is 1.12. The molecule has 3 rings (SSSR count). The quantitative estimate of drug-likeness (QED) is 0.624. The van der Waals surface area contributed by atoms with E-state index in [1.165, 1.54) is 6.08 Å². The van der Waals surface area contributed by atoms with Crippen LogP contribution in [0.4, 0.5) is 5.69 Å². The van der Waals surface area contributed by atoms with Gasteiger partial charge in [-0.3, -0.25) is 4.79 Å². The highest BCUT2D eigenvalue weighted by molar-refractivity contribution is 14.1. The zero-order chi connectivity index (χ0) is 15.4. The highest BCUT2D eigenvalue weighted by Gasteiger charge is 2.10. The predicted octanol–water partition coefficient (Wildman–Crippen LogP) is 3.71. The molecule has 0 bridgehead atoms. The van der Waals surface area contributed by atoms with Crippen LogP contribution in [0.15, 0.2) is 48.5 Å². The summed E-state index contributed by atoms with van der Waals surface area (Å²) < 4.78 is 12.1. The lowest BCUT2D eigenvalue weighted by Crippen LogP contribution is -2.15. The van der Waals surface area contributed by atoms with E-state index in [1.807, 2.05) is 42.5 Å². The van der Waals surface area contributed by atoms with Crippen molar-refractivity contribution in [1.29, 1.82) is 0 Å². The van der Waals surface area contributed by atoms with Gasteiger partial charge in [0.1, 0.15) is 13.2 Å². The van der Waals surface area contributed by atoms with Crippen LogP contribution in [0.5, 0.6) is 11.5 Å². The standard InChI is InChI=1S/C17H14INO3/c18-13-2-1-3-14(11-13)19-17(20)7-5-12-4-6-15-16(10-12)22-9-8-21-15/h1-7,10-11H,8-9H2,(H,19,20)/b7-5+. The summed E-state index contributed by atoms with van der Waals surface area (Å²) in [6, 6.07) is 13.3. The minimum absolute atomic E-state index is 0.170. The predicted molar refractivity (Wildman–Crippen MR) is 94.3 cm³/mol. The molecule has 1 heterocycles. The van der Waals surface area contributed by atoms with Gasteiger partial charge in [-0.15, -0.1) is 0 Å². The average molecular weight is 407 g/mol. The summed E-state index contributed by atoms with van der Waals surface area (Å²) in [6.07, 6.45) is 3.26. The number of fused-ring (bicyclic) bond motifs is 1. The molecule has 0 atom stereocenters. The molecule has 0 saturated carbocycles. The van der Waals surface area contributed by atoms with Crippen molar-refractivity contribution < 1.29 is 14.3 Å². The van der Waals surface area contributed by atoms with Crippen LogP contribution < -0.4 is 14.8 Å². The number of hydrogen-bond acceptors (Lipinski definition) is 3. The van der Waals surface area contributed by atoms with Crippen molar-refractivity contribution >= 4 is 40.3 Å². The Bertz CT molecular complexity index is 728. The lowest BCUT2D eigenvalue weighted by Gasteiger charge is -2.18. The molecule has 0 spiro atoms. The SMILES string of the molecule is O=C(/C=C/c1ccc2c(c1)OCCO2)Nc1cccc(I)c1. The second-order valence-electron chi connectivity index (χ2n) is 4.74. The molecule has 1 aliphatic rings. The molecule has 4 nitrogen and oxygen atoms in total. The molecular formula is C17H14INO3. The van der Waals surface area contributed by atoms with Crippen LogP contribution in [0, 0.1) is 3.57 Å². The summed E-state index contributed by atoms with van der Waals surface area (Å²) in [7, 11) is 0. The number of carbonyl (C=O) groups is 1. The van der Waals surface area contributed by atoms with Gasteiger partial charge in [0.2, 0.25) is 5.91 Å². The van der Waals surface area contributed by atoms with Gasteiger partial charge in [-0.1, -0.05) is 12.1 Å². The van der Waals surface area contributed by atoms with Crippen molar-refractivity contribution in [2.24, 2.45) is 0 Å². The second kappa shape index (κ2) is 6.83. The molecule has 0 saturated heterocycles. The summed E-state index contributed by atoms with van der Waals surface area (Å²) in [5, 5.41) is 2.83. The second-order valence-corrected chi connectivity index (χ2v) is 5.98. The lowest BCUT2D eigenvalue weighted by atomic mass is 10.2. The Hall–Kier alpha value is -2.02. The fourth-order valence-electron chi connectivity index (χ4n) is 2.09. The number of benzene rings is 2. The third-order valence-corrected chi connectivity index (χ3v) is 3.76. The number of amides is 1. The highest BCUT2D eigenvalue weighted by Crippen LogP contribution is 2.31. The zero-order valence-electron chi connectivity index (χ0n) is 11.7. The minimum Gasteiger partial charge on any atom is -0.486 e. The van der Waals surface area contributed by atoms with E-state index in [0.717, 1.165) is 20.6 Å². The van der Waals surface area contributed by atoms with Crippen LogP contribution >= 0.6 is 22.6 Å². The summed E-state index contributed by atoms with van der Waals surface area (Å²) in [4.78, 5) is 11.9. The zero-order valence-corrected chi connectivity index (χ0v) is 13.9. The van der Waals surface area contributed by atoms with E-state index in [2.05, 4.69) is 27.9 Å². The van der Waals surface area contributed by atoms with Gasteiger partial charge in [-0.2, -0.15) is 0 Å². The van der Waals surface area contributed by atoms with Crippen LogP contribution in [0.2, 0.25) is 0 Å². The fraction of sp³-hybridized carbons (Fsp3) is 0.118. The summed E-state index contributed by atoms with van der Waals surface area (Å²) >= 11 is 2.21. The normalized spacial score (nSPS) is 13.1. The molecule has 0 unspecified atom stereocenters. The minimum atomic E-state index is -0.170. The van der Waals surface area contributed by atoms with E-state index in [4.69, 9.17) is 9.47 Å². The number of nitrogens with one attached hydrogen (secondary N) is 1. The van der Waals surface area contributed by atoms with E-state index in [9.17, 15) is 4.79 Å². The van der Waals surface area contributed by atoms with Crippen molar-refractivity contribution in [3.63, 3.8) is 0 Å². The maximum absolute atomic E-state index is 11.9. The Morgan fingerprint density at radius 3 is 2.73 bits per heavy atom. The molecule has 112 valence electrons. The molecule has 0 aliphatic carbocycles. The van der Waals surface area contributed by atoms with E-state index in [-0.39, 0.29) is 5.91 Å². The van der Waals surface area contributed by atoms with E-state index in [1.54, 1.807) is 6.08 Å². The lowest BCUT2D eigenvalue weighted by molar-refractivity contribution is -0.111. The van der Waals surface area contributed by atoms with E-state index >= 15 is 0 Å². The van der Waals surface area contributed by atoms with Crippen molar-refractivity contribution in [1.82, 2.24) is 0 Å². The number of anilines is 1. The Labute approximate surface area is 142 Å². The van der Waals surface area contributed by atoms with Crippen molar-refractivity contribution in [2.45, 2.75) is 0 Å². The molecular weight excluding hydrogens is 393 g/mol. The van der Waals surface area contributed by atoms with Crippen LogP contribution in [0.3, 0.4) is 0 Å². The number of hydrogen-bond donors (Lipinski definition) is 1. The summed E-state index contributed by atoms with van der Waals surface area (Å²) in [5.74, 6) is 1.29. The van der Waals surface area contributed by atoms with E-state index < -0.39 is 0 Å². The monoisotopic (exact) mass is 407 g/mol. The van der Waals surface area contributed by atoms with Crippen LogP contribution in [0.25, 0.3) is 6.08 Å². The molecule has 1 amide bonds. The maximum atomic E-state index is 11.9. The Balaban J connectivity index is 1.67. The first-order valence-electron chi connectivity index (χ1n) is 6.85. The maximum Gasteiger partial charge on any atom is 0.248 e. The number of carbonyl (C=O) groups excluding carboxylic acids is 1. The molecule has 2 aromatic carbocycles. The Kier molecular flexibility index (Phi) is 4.62. The molecule has 5 heteroatoms. The fourth-order valence-corrected chi connectivity index (χ4v) is 2.63. The Morgan fingerprint density at radius 1 is 1.09 bits per heavy atom. The smallest absolute Gasteiger partial charge is 0.248 e. The van der Waals surface area contributed by atoms with Crippen LogP contribution in [0.1, 0.15) is 5.56 Å². The molecule has 22 heavy (non-hydrogen) atoms. The van der Waals surface area contributed by atoms with Crippen LogP contribution in [-0.4, -0.2) is 19.1 Å². The number of rotatable bonds is 3. The van der Waals surface area contributed by atoms with Gasteiger partial charge >= 0.3 is 0 Å². The van der Waals surface area contributed by atoms with Gasteiger partial charge in [0.25, 0.3) is 0 Å². The number of halogens is 1. The topological polar surface area (TPSA) is 47.6 Å². The number of ether oxygens (including phenoxy) is 2. The first-order chi connectivity index (χ1) is 10.7. The largest absolute Gasteiger partial charge is 0.486 e. The van der Waals surface area contributed by atoms with E-state index in [0.29, 0.717) is 19.0 Å². The van der Waals surface area contributed by atoms with Crippen molar-refractivity contribution in [3.8, 4) is 11.5 Å². The molecule has 1 aliphatic heterocycles. The first kappa shape index (κ1) is 14.9. The van der Waals surface area contributed by atoms with Crippen LogP contribution in [-0.2, 0) is 4.79 Å². The average Bonchev–Trinajstić information content (AvgIpc) is 2.53. The molecule has 1 N–H and O–H groups in total. The van der Waals surface area contributed by atoms with Crippen molar-refractivity contribution in [3.05, 3.63) is 57.7 Å². The molecule has 2 aromatic rings. The molecule has 0 fully saturated rings. The summed E-state index contributed by atoms with van der Waals surface area (Å²) in [5.41, 5.74) is 1.67. The third kappa shape index (κ3) is 3.79. The highest BCUT2D eigenvalue weighted by atomic mass is 127. The molecule has 0 aromatic heterocycles. The van der Waals surface area contributed by atoms with Gasteiger partial charge in [-0.05, 0) is 64.6 Å². The third-order valence-electron chi connectivity index (χ3n) is 3.09. The van der Waals surface area contributed by atoms with Crippen molar-refractivity contribution in [2.75, 3.05) is 18.5 Å². The van der Waals surface area contributed by atoms with Gasteiger partial charge in [0.15, 0.2) is 11.5 Å². The first-order valence-corrected chi connectivity index (χ1v) is 7.93. The Morgan fingerprint density at radius 2 is 1.91 bits per heavy atom. The van der Waals surface area contributed by atoms with Gasteiger partial charge < -0.3 is 14.8 Å². The van der Waals surface area contributed by atoms with Gasteiger partial charge in [0.05, 0.1) is 0 Å². The molecule has 0 radical (unpaired) electrons. The van der Waals surface area contributed by atoms with Gasteiger partial charge in [0, 0.05) is 15.3 Å².